The van der Waals surface area contributed by atoms with Gasteiger partial charge in [-0.25, -0.2) is 14.4 Å². The molecule has 0 spiro atoms. The van der Waals surface area contributed by atoms with Crippen LogP contribution in [0.5, 0.6) is 11.8 Å². The lowest BCUT2D eigenvalue weighted by Crippen LogP contribution is -2.08. The highest BCUT2D eigenvalue weighted by Crippen LogP contribution is 2.32. The third kappa shape index (κ3) is 2.61. The Morgan fingerprint density at radius 3 is 2.65 bits per heavy atom. The molecule has 1 heterocycles. The van der Waals surface area contributed by atoms with Crippen LogP contribution in [0.1, 0.15) is 0 Å². The molecule has 0 aliphatic carbocycles. The molecule has 0 aliphatic rings. The molecule has 0 fully saturated rings. The van der Waals surface area contributed by atoms with Gasteiger partial charge in [0.25, 0.3) is 0 Å². The molecule has 0 atom stereocenters. The fraction of sp³-hybridized carbons (Fsp3) is 0. The highest BCUT2D eigenvalue weighted by Gasteiger charge is 2.10. The molecular formula is C10H8ClFN4O. The van der Waals surface area contributed by atoms with E-state index in [0.29, 0.717) is 0 Å². The number of hydrogen-bond acceptors (Lipinski definition) is 5. The highest BCUT2D eigenvalue weighted by atomic mass is 35.5. The van der Waals surface area contributed by atoms with Crippen molar-refractivity contribution in [3.63, 3.8) is 0 Å². The minimum absolute atomic E-state index is 0.0698. The van der Waals surface area contributed by atoms with Crippen molar-refractivity contribution in [1.82, 2.24) is 9.97 Å². The van der Waals surface area contributed by atoms with Crippen LogP contribution in [0.3, 0.4) is 0 Å². The Bertz CT molecular complexity index is 523. The maximum Gasteiger partial charge on any atom is 0.321 e. The number of benzene rings is 1. The van der Waals surface area contributed by atoms with E-state index in [1.807, 2.05) is 0 Å². The number of rotatable bonds is 3. The Labute approximate surface area is 101 Å². The zero-order valence-corrected chi connectivity index (χ0v) is 9.28. The Kier molecular flexibility index (Phi) is 3.36. The van der Waals surface area contributed by atoms with Gasteiger partial charge in [0.1, 0.15) is 5.82 Å². The van der Waals surface area contributed by atoms with E-state index in [0.717, 1.165) is 6.07 Å². The van der Waals surface area contributed by atoms with E-state index >= 15 is 0 Å². The smallest absolute Gasteiger partial charge is 0.321 e. The van der Waals surface area contributed by atoms with Gasteiger partial charge in [-0.1, -0.05) is 11.6 Å². The molecule has 0 aliphatic heterocycles. The first kappa shape index (κ1) is 11.6. The lowest BCUT2D eigenvalue weighted by Gasteiger charge is -2.08. The zero-order chi connectivity index (χ0) is 12.3. The van der Waals surface area contributed by atoms with Crippen molar-refractivity contribution in [3.8, 4) is 11.8 Å². The van der Waals surface area contributed by atoms with Crippen LogP contribution in [0, 0.1) is 5.82 Å². The van der Waals surface area contributed by atoms with E-state index < -0.39 is 5.82 Å². The second-order valence-corrected chi connectivity index (χ2v) is 3.45. The largest absolute Gasteiger partial charge is 0.423 e. The Morgan fingerprint density at radius 1 is 1.29 bits per heavy atom. The first-order valence-electron chi connectivity index (χ1n) is 4.61. The van der Waals surface area contributed by atoms with Crippen LogP contribution in [0.4, 0.5) is 10.1 Å². The van der Waals surface area contributed by atoms with Crippen LogP contribution in [0.2, 0.25) is 5.02 Å². The minimum atomic E-state index is -0.571. The van der Waals surface area contributed by atoms with Crippen molar-refractivity contribution in [1.29, 1.82) is 0 Å². The Hall–Kier alpha value is -1.92. The van der Waals surface area contributed by atoms with Crippen molar-refractivity contribution in [2.24, 2.45) is 5.84 Å². The fourth-order valence-electron chi connectivity index (χ4n) is 1.15. The maximum atomic E-state index is 13.3. The summed E-state index contributed by atoms with van der Waals surface area (Å²) in [6.07, 6.45) is 3.03. The fourth-order valence-corrected chi connectivity index (χ4v) is 1.34. The number of aromatic nitrogens is 2. The molecule has 5 nitrogen and oxygen atoms in total. The predicted octanol–water partition coefficient (Wildman–Crippen LogP) is 2.35. The van der Waals surface area contributed by atoms with Crippen molar-refractivity contribution >= 4 is 17.3 Å². The molecule has 0 radical (unpaired) electrons. The van der Waals surface area contributed by atoms with Gasteiger partial charge in [-0.2, -0.15) is 0 Å². The van der Waals surface area contributed by atoms with Crippen LogP contribution < -0.4 is 16.0 Å². The molecule has 2 rings (SSSR count). The molecule has 7 heteroatoms. The predicted molar refractivity (Wildman–Crippen MR) is 61.3 cm³/mol. The average molecular weight is 255 g/mol. The second kappa shape index (κ2) is 4.94. The number of halogens is 2. The molecule has 0 saturated carbocycles. The SMILES string of the molecule is NNc1cc(Oc2ncccn2)c(Cl)cc1F. The van der Waals surface area contributed by atoms with Crippen molar-refractivity contribution in [2.75, 3.05) is 5.43 Å². The number of nitrogens with zero attached hydrogens (tertiary/aromatic N) is 2. The van der Waals surface area contributed by atoms with E-state index in [2.05, 4.69) is 15.4 Å². The van der Waals surface area contributed by atoms with Gasteiger partial charge >= 0.3 is 6.01 Å². The van der Waals surface area contributed by atoms with Crippen molar-refractivity contribution < 1.29 is 9.13 Å². The standard InChI is InChI=1S/C10H8ClFN4O/c11-6-4-7(12)8(16-13)5-9(6)17-10-14-2-1-3-15-10/h1-5,16H,13H2. The molecular weight excluding hydrogens is 247 g/mol. The summed E-state index contributed by atoms with van der Waals surface area (Å²) in [5, 5.41) is 0.106. The molecule has 0 unspecified atom stereocenters. The number of hydrazine groups is 1. The summed E-state index contributed by atoms with van der Waals surface area (Å²) >= 11 is 5.82. The molecule has 0 amide bonds. The molecule has 1 aromatic heterocycles. The van der Waals surface area contributed by atoms with Crippen molar-refractivity contribution in [2.45, 2.75) is 0 Å². The van der Waals surface area contributed by atoms with Crippen LogP contribution in [-0.2, 0) is 0 Å². The first-order chi connectivity index (χ1) is 8.20. The average Bonchev–Trinajstić information content (AvgIpc) is 2.34. The number of ether oxygens (including phenoxy) is 1. The normalized spacial score (nSPS) is 10.1. The van der Waals surface area contributed by atoms with E-state index in [9.17, 15) is 4.39 Å². The number of nitrogens with two attached hydrogens (primary N) is 1. The van der Waals surface area contributed by atoms with Gasteiger partial charge in [-0.3, -0.25) is 5.84 Å². The number of nitrogens with one attached hydrogen (secondary N) is 1. The van der Waals surface area contributed by atoms with Gasteiger partial charge in [0.15, 0.2) is 5.75 Å². The summed E-state index contributed by atoms with van der Waals surface area (Å²) in [5.74, 6) is 4.79. The van der Waals surface area contributed by atoms with Crippen LogP contribution in [-0.4, -0.2) is 9.97 Å². The molecule has 0 bridgehead atoms. The number of hydrogen-bond donors (Lipinski definition) is 2. The molecule has 0 saturated heterocycles. The monoisotopic (exact) mass is 254 g/mol. The third-order valence-electron chi connectivity index (χ3n) is 1.92. The van der Waals surface area contributed by atoms with Gasteiger partial charge in [0.2, 0.25) is 0 Å². The highest BCUT2D eigenvalue weighted by molar-refractivity contribution is 6.32. The van der Waals surface area contributed by atoms with Crippen LogP contribution >= 0.6 is 11.6 Å². The van der Waals surface area contributed by atoms with Crippen LogP contribution in [0.15, 0.2) is 30.6 Å². The first-order valence-corrected chi connectivity index (χ1v) is 4.99. The summed E-state index contributed by atoms with van der Waals surface area (Å²) in [6, 6.07) is 4.18. The summed E-state index contributed by atoms with van der Waals surface area (Å²) in [5.41, 5.74) is 2.26. The molecule has 3 N–H and O–H groups in total. The quantitative estimate of drug-likeness (QED) is 0.650. The summed E-state index contributed by atoms with van der Waals surface area (Å²) in [4.78, 5) is 7.71. The van der Waals surface area contributed by atoms with Crippen LogP contribution in [0.25, 0.3) is 0 Å². The van der Waals surface area contributed by atoms with Crippen molar-refractivity contribution in [3.05, 3.63) is 41.4 Å². The molecule has 1 aromatic carbocycles. The Balaban J connectivity index is 2.33. The van der Waals surface area contributed by atoms with Gasteiger partial charge < -0.3 is 10.2 Å². The zero-order valence-electron chi connectivity index (χ0n) is 8.52. The number of anilines is 1. The molecule has 2 aromatic rings. The summed E-state index contributed by atoms with van der Waals surface area (Å²) in [6.45, 7) is 0. The Morgan fingerprint density at radius 2 is 2.00 bits per heavy atom. The van der Waals surface area contributed by atoms with E-state index in [-0.39, 0.29) is 22.5 Å². The molecule has 17 heavy (non-hydrogen) atoms. The van der Waals surface area contributed by atoms with Gasteiger partial charge in [-0.05, 0) is 12.1 Å². The molecule has 88 valence electrons. The van der Waals surface area contributed by atoms with Gasteiger partial charge in [0.05, 0.1) is 10.7 Å². The maximum absolute atomic E-state index is 13.3. The van der Waals surface area contributed by atoms with E-state index in [4.69, 9.17) is 22.2 Å². The van der Waals surface area contributed by atoms with Gasteiger partial charge in [-0.15, -0.1) is 0 Å². The lowest BCUT2D eigenvalue weighted by molar-refractivity contribution is 0.441. The van der Waals surface area contributed by atoms with Gasteiger partial charge in [0, 0.05) is 18.5 Å². The summed E-state index contributed by atoms with van der Waals surface area (Å²) < 4.78 is 18.5. The number of nitrogen functional groups attached to an aromatic ring is 1. The van der Waals surface area contributed by atoms with E-state index in [1.165, 1.54) is 18.5 Å². The third-order valence-corrected chi connectivity index (χ3v) is 2.22. The lowest BCUT2D eigenvalue weighted by atomic mass is 10.3. The second-order valence-electron chi connectivity index (χ2n) is 3.04. The summed E-state index contributed by atoms with van der Waals surface area (Å²) in [7, 11) is 0. The van der Waals surface area contributed by atoms with E-state index in [1.54, 1.807) is 6.07 Å². The minimum Gasteiger partial charge on any atom is -0.423 e. The topological polar surface area (TPSA) is 73.1 Å².